The van der Waals surface area contributed by atoms with Gasteiger partial charge in [-0.3, -0.25) is 4.79 Å². The van der Waals surface area contributed by atoms with Crippen molar-refractivity contribution in [1.82, 2.24) is 6.15 Å². The number of unbranched alkanes of at least 4 members (excludes halogenated alkanes) is 9. The van der Waals surface area contributed by atoms with Crippen LogP contribution >= 0.6 is 0 Å². The zero-order valence-electron chi connectivity index (χ0n) is 11.8. The van der Waals surface area contributed by atoms with Gasteiger partial charge in [0.2, 0.25) is 0 Å². The quantitative estimate of drug-likeness (QED) is 0.350. The van der Waals surface area contributed by atoms with E-state index in [1.165, 1.54) is 64.7 Å². The molecule has 0 bridgehead atoms. The summed E-state index contributed by atoms with van der Waals surface area (Å²) in [5.74, 6) is -0.157. The van der Waals surface area contributed by atoms with Gasteiger partial charge in [0.1, 0.15) is 0 Å². The molecule has 0 amide bonds. The fraction of sp³-hybridized carbons (Fsp3) is 0.929. The summed E-state index contributed by atoms with van der Waals surface area (Å²) in [7, 11) is 0. The number of carbonyl (C=O) groups is 1. The SMILES string of the molecule is CCCCCCCCCCCCOC(C)=O.N.[NaH]. The molecule has 0 aromatic heterocycles. The molecule has 0 aromatic carbocycles. The Kier molecular flexibility index (Phi) is 25.8. The van der Waals surface area contributed by atoms with E-state index in [0.717, 1.165) is 6.42 Å². The molecule has 0 aromatic rings. The van der Waals surface area contributed by atoms with Crippen LogP contribution in [-0.2, 0) is 9.53 Å². The van der Waals surface area contributed by atoms with Crippen LogP contribution in [0.15, 0.2) is 0 Å². The van der Waals surface area contributed by atoms with E-state index < -0.39 is 0 Å². The molecule has 3 nitrogen and oxygen atoms in total. The van der Waals surface area contributed by atoms with Crippen LogP contribution < -0.4 is 6.15 Å². The Balaban J connectivity index is -0.00000112. The van der Waals surface area contributed by atoms with Crippen LogP contribution in [0.4, 0.5) is 0 Å². The van der Waals surface area contributed by atoms with Gasteiger partial charge < -0.3 is 10.9 Å². The van der Waals surface area contributed by atoms with E-state index in [0.29, 0.717) is 6.61 Å². The van der Waals surface area contributed by atoms with Crippen LogP contribution in [0.5, 0.6) is 0 Å². The van der Waals surface area contributed by atoms with E-state index in [1.807, 2.05) is 0 Å². The number of carbonyl (C=O) groups excluding carboxylic acids is 1. The first-order valence-electron chi connectivity index (χ1n) is 6.90. The van der Waals surface area contributed by atoms with Crippen LogP contribution in [0.25, 0.3) is 0 Å². The summed E-state index contributed by atoms with van der Waals surface area (Å²) in [4.78, 5) is 10.5. The molecule has 0 rings (SSSR count). The second-order valence-corrected chi connectivity index (χ2v) is 4.52. The zero-order chi connectivity index (χ0) is 12.1. The van der Waals surface area contributed by atoms with E-state index in [2.05, 4.69) is 6.92 Å². The maximum absolute atomic E-state index is 10.5. The van der Waals surface area contributed by atoms with Crippen molar-refractivity contribution in [3.8, 4) is 0 Å². The van der Waals surface area contributed by atoms with Crippen LogP contribution in [-0.4, -0.2) is 42.1 Å². The van der Waals surface area contributed by atoms with Crippen molar-refractivity contribution >= 4 is 35.5 Å². The monoisotopic (exact) mass is 269 g/mol. The predicted molar refractivity (Wildman–Crippen MR) is 80.6 cm³/mol. The molecule has 4 heteroatoms. The Morgan fingerprint density at radius 2 is 1.22 bits per heavy atom. The van der Waals surface area contributed by atoms with Crippen LogP contribution in [0.2, 0.25) is 0 Å². The third-order valence-electron chi connectivity index (χ3n) is 2.80. The number of esters is 1. The van der Waals surface area contributed by atoms with Gasteiger partial charge in [-0.05, 0) is 6.42 Å². The molecule has 106 valence electrons. The Labute approximate surface area is 135 Å². The maximum atomic E-state index is 10.5. The summed E-state index contributed by atoms with van der Waals surface area (Å²) in [6.45, 7) is 4.32. The second-order valence-electron chi connectivity index (χ2n) is 4.52. The van der Waals surface area contributed by atoms with Gasteiger partial charge in [0, 0.05) is 6.92 Å². The summed E-state index contributed by atoms with van der Waals surface area (Å²) >= 11 is 0. The molecule has 0 radical (unpaired) electrons. The van der Waals surface area contributed by atoms with Crippen molar-refractivity contribution in [2.24, 2.45) is 0 Å². The summed E-state index contributed by atoms with van der Waals surface area (Å²) in [6.07, 6.45) is 13.1. The topological polar surface area (TPSA) is 61.3 Å². The molecular weight excluding hydrogens is 237 g/mol. The third-order valence-corrected chi connectivity index (χ3v) is 2.80. The first-order valence-corrected chi connectivity index (χ1v) is 6.90. The van der Waals surface area contributed by atoms with Crippen LogP contribution in [0, 0.1) is 0 Å². The molecule has 0 fully saturated rings. The van der Waals surface area contributed by atoms with Gasteiger partial charge in [0.15, 0.2) is 0 Å². The fourth-order valence-electron chi connectivity index (χ4n) is 1.81. The van der Waals surface area contributed by atoms with E-state index in [1.54, 1.807) is 0 Å². The molecule has 18 heavy (non-hydrogen) atoms. The summed E-state index contributed by atoms with van der Waals surface area (Å²) in [6, 6.07) is 0. The molecule has 0 heterocycles. The first kappa shape index (κ1) is 23.5. The number of ether oxygens (including phenoxy) is 1. The van der Waals surface area contributed by atoms with Gasteiger partial charge in [-0.15, -0.1) is 0 Å². The Hall–Kier alpha value is 0.430. The second kappa shape index (κ2) is 19.8. The molecule has 0 unspecified atom stereocenters. The Bertz CT molecular complexity index is 166. The molecule has 0 aliphatic carbocycles. The van der Waals surface area contributed by atoms with Gasteiger partial charge in [-0.2, -0.15) is 0 Å². The number of hydrogen-bond acceptors (Lipinski definition) is 3. The standard InChI is InChI=1S/C14H28O2.H3N.Na.H/c1-3-4-5-6-7-8-9-10-11-12-13-16-14(2)15;;;/h3-13H2,1-2H3;1H3;;. The molecule has 0 atom stereocenters. The minimum absolute atomic E-state index is 0. The number of rotatable bonds is 11. The van der Waals surface area contributed by atoms with Crippen molar-refractivity contribution in [3.63, 3.8) is 0 Å². The summed E-state index contributed by atoms with van der Waals surface area (Å²) in [5.41, 5.74) is 0. The van der Waals surface area contributed by atoms with Gasteiger partial charge in [-0.25, -0.2) is 0 Å². The molecular formula is C14H32NNaO2. The van der Waals surface area contributed by atoms with Crippen molar-refractivity contribution in [1.29, 1.82) is 0 Å². The molecule has 0 saturated heterocycles. The van der Waals surface area contributed by atoms with Crippen molar-refractivity contribution in [3.05, 3.63) is 0 Å². The van der Waals surface area contributed by atoms with Crippen LogP contribution in [0.1, 0.15) is 78.1 Å². The molecule has 0 saturated carbocycles. The predicted octanol–water partition coefficient (Wildman–Crippen LogP) is 3.98. The van der Waals surface area contributed by atoms with Crippen molar-refractivity contribution in [2.75, 3.05) is 6.61 Å². The summed E-state index contributed by atoms with van der Waals surface area (Å²) < 4.78 is 4.87. The summed E-state index contributed by atoms with van der Waals surface area (Å²) in [5, 5.41) is 0. The molecule has 0 aliphatic heterocycles. The van der Waals surface area contributed by atoms with E-state index in [-0.39, 0.29) is 41.7 Å². The van der Waals surface area contributed by atoms with Crippen molar-refractivity contribution < 1.29 is 9.53 Å². The average Bonchev–Trinajstić information content (AvgIpc) is 2.25. The molecule has 0 spiro atoms. The van der Waals surface area contributed by atoms with Crippen LogP contribution in [0.3, 0.4) is 0 Å². The van der Waals surface area contributed by atoms with Crippen molar-refractivity contribution in [2.45, 2.75) is 78.1 Å². The number of hydrogen-bond donors (Lipinski definition) is 1. The molecule has 0 aliphatic rings. The third kappa shape index (κ3) is 21.7. The van der Waals surface area contributed by atoms with E-state index in [9.17, 15) is 4.79 Å². The zero-order valence-corrected chi connectivity index (χ0v) is 11.8. The minimum atomic E-state index is -0.157. The van der Waals surface area contributed by atoms with E-state index in [4.69, 9.17) is 4.74 Å². The normalized spacial score (nSPS) is 9.22. The fourth-order valence-corrected chi connectivity index (χ4v) is 1.81. The van der Waals surface area contributed by atoms with Gasteiger partial charge >= 0.3 is 35.5 Å². The van der Waals surface area contributed by atoms with Gasteiger partial charge in [-0.1, -0.05) is 64.7 Å². The van der Waals surface area contributed by atoms with Gasteiger partial charge in [0.05, 0.1) is 6.61 Å². The Morgan fingerprint density at radius 1 is 0.833 bits per heavy atom. The molecule has 3 N–H and O–H groups in total. The Morgan fingerprint density at radius 3 is 1.61 bits per heavy atom. The first-order chi connectivity index (χ1) is 7.77. The van der Waals surface area contributed by atoms with Gasteiger partial charge in [0.25, 0.3) is 0 Å². The average molecular weight is 269 g/mol. The van der Waals surface area contributed by atoms with E-state index >= 15 is 0 Å².